The highest BCUT2D eigenvalue weighted by molar-refractivity contribution is 7.99. The molecule has 0 unspecified atom stereocenters. The van der Waals surface area contributed by atoms with Gasteiger partial charge in [-0.05, 0) is 90.4 Å². The van der Waals surface area contributed by atoms with Crippen LogP contribution < -0.4 is 14.9 Å². The summed E-state index contributed by atoms with van der Waals surface area (Å²) in [4.78, 5) is 27.7. The van der Waals surface area contributed by atoms with Crippen LogP contribution >= 0.6 is 11.8 Å². The van der Waals surface area contributed by atoms with Gasteiger partial charge in [0.15, 0.2) is 0 Å². The number of nitro benzene ring substituents is 1. The number of piperidine rings is 1. The number of nitrogens with zero attached hydrogens (tertiary/aromatic N) is 2. The summed E-state index contributed by atoms with van der Waals surface area (Å²) < 4.78 is 35.0. The van der Waals surface area contributed by atoms with Crippen molar-refractivity contribution >= 4 is 44.8 Å². The highest BCUT2D eigenvalue weighted by atomic mass is 32.2. The second kappa shape index (κ2) is 18.2. The number of thioether (sulfide) groups is 1. The monoisotopic (exact) mass is 792 g/mol. The Morgan fingerprint density at radius 1 is 0.893 bits per heavy atom. The predicted octanol–water partition coefficient (Wildman–Crippen LogP) is 9.23. The molecule has 1 fully saturated rings. The Bertz CT molecular complexity index is 2210. The molecule has 1 heterocycles. The summed E-state index contributed by atoms with van der Waals surface area (Å²) in [7, 11) is -2.65. The third-order valence-corrected chi connectivity index (χ3v) is 12.7. The minimum atomic E-state index is -4.43. The highest BCUT2D eigenvalue weighted by Crippen LogP contribution is 2.36. The number of hydrogen-bond donors (Lipinski definition) is 2. The first-order chi connectivity index (χ1) is 26.9. The van der Waals surface area contributed by atoms with Gasteiger partial charge >= 0.3 is 0 Å². The molecule has 292 valence electrons. The molecule has 6 rings (SSSR count). The summed E-state index contributed by atoms with van der Waals surface area (Å²) in [5.41, 5.74) is 4.19. The third-order valence-electron chi connectivity index (χ3n) is 10.2. The number of hydrogen-bond acceptors (Lipinski definition) is 9. The number of methoxy groups -OCH3 is 1. The van der Waals surface area contributed by atoms with Crippen molar-refractivity contribution in [1.29, 1.82) is 0 Å². The smallest absolute Gasteiger partial charge is 0.293 e. The first kappa shape index (κ1) is 40.5. The molecule has 56 heavy (non-hydrogen) atoms. The zero-order valence-electron chi connectivity index (χ0n) is 31.9. The average molecular weight is 793 g/mol. The Morgan fingerprint density at radius 2 is 1.54 bits per heavy atom. The zero-order valence-corrected chi connectivity index (χ0v) is 33.5. The number of anilines is 2. The van der Waals surface area contributed by atoms with Crippen LogP contribution in [-0.4, -0.2) is 56.8 Å². The number of carbonyl (C=O) groups excluding carboxylic acids is 1. The summed E-state index contributed by atoms with van der Waals surface area (Å²) in [5.74, 6) is 0.149. The zero-order chi connectivity index (χ0) is 39.7. The van der Waals surface area contributed by atoms with E-state index in [0.717, 1.165) is 55.4 Å². The lowest BCUT2D eigenvalue weighted by atomic mass is 9.82. The van der Waals surface area contributed by atoms with Gasteiger partial charge in [0.05, 0.1) is 15.4 Å². The normalized spacial score (nSPS) is 14.6. The summed E-state index contributed by atoms with van der Waals surface area (Å²) in [6, 6.07) is 39.1. The average Bonchev–Trinajstić information content (AvgIpc) is 3.21. The van der Waals surface area contributed by atoms with Crippen LogP contribution in [0.1, 0.15) is 49.0 Å². The van der Waals surface area contributed by atoms with Crippen molar-refractivity contribution in [2.75, 3.05) is 36.2 Å². The van der Waals surface area contributed by atoms with Gasteiger partial charge in [0.25, 0.3) is 21.6 Å². The summed E-state index contributed by atoms with van der Waals surface area (Å²) >= 11 is 1.64. The van der Waals surface area contributed by atoms with E-state index in [1.807, 2.05) is 48.5 Å². The number of sulfonamides is 1. The lowest BCUT2D eigenvalue weighted by Gasteiger charge is -2.42. The molecule has 0 saturated carbocycles. The van der Waals surface area contributed by atoms with E-state index in [-0.39, 0.29) is 33.5 Å². The van der Waals surface area contributed by atoms with Crippen LogP contribution in [0.15, 0.2) is 137 Å². The van der Waals surface area contributed by atoms with E-state index in [9.17, 15) is 23.3 Å². The molecular weight excluding hydrogens is 745 g/mol. The molecule has 10 nitrogen and oxygen atoms in total. The van der Waals surface area contributed by atoms with Crippen molar-refractivity contribution in [3.8, 4) is 11.1 Å². The Morgan fingerprint density at radius 3 is 2.18 bits per heavy atom. The highest BCUT2D eigenvalue weighted by Gasteiger charge is 2.35. The van der Waals surface area contributed by atoms with E-state index < -0.39 is 20.9 Å². The number of benzene rings is 5. The number of carbonyl (C=O) groups is 1. The number of amides is 1. The standard InChI is InChI=1S/C44H48N4O6S2/c1-32(2)28-36(31-55-38-15-8-5-9-16-38)45-41-23-22-39(29-42(41)48(50)51)56(52,53)46-43(49)34-18-20-37(21-19-34)47-26-24-44(54-3,25-27-47)30-35-14-10-11-17-40(35)33-12-6-4-7-13-33/h4-23,29,32,36,45H,24-28,30-31H2,1-3H3,(H,46,49)/t36-/m0/s1. The fourth-order valence-electron chi connectivity index (χ4n) is 7.23. The van der Waals surface area contributed by atoms with Crippen molar-refractivity contribution in [3.63, 3.8) is 0 Å². The third kappa shape index (κ3) is 10.2. The van der Waals surface area contributed by atoms with Gasteiger partial charge < -0.3 is 15.0 Å². The number of rotatable bonds is 16. The second-order valence-electron chi connectivity index (χ2n) is 14.6. The summed E-state index contributed by atoms with van der Waals surface area (Å²) in [6.07, 6.45) is 3.14. The van der Waals surface area contributed by atoms with Crippen LogP contribution in [-0.2, 0) is 21.2 Å². The summed E-state index contributed by atoms with van der Waals surface area (Å²) in [5, 5.41) is 15.4. The fraction of sp³-hybridized carbons (Fsp3) is 0.295. The minimum absolute atomic E-state index is 0.112. The first-order valence-corrected chi connectivity index (χ1v) is 21.3. The van der Waals surface area contributed by atoms with Crippen LogP contribution in [0.4, 0.5) is 17.1 Å². The van der Waals surface area contributed by atoms with E-state index in [2.05, 4.69) is 65.2 Å². The van der Waals surface area contributed by atoms with Gasteiger partial charge in [0, 0.05) is 60.6 Å². The maximum atomic E-state index is 13.4. The van der Waals surface area contributed by atoms with E-state index in [0.29, 0.717) is 11.7 Å². The van der Waals surface area contributed by atoms with Crippen molar-refractivity contribution in [3.05, 3.63) is 149 Å². The molecule has 1 atom stereocenters. The molecular formula is C44H48N4O6S2. The molecule has 5 aromatic carbocycles. The van der Waals surface area contributed by atoms with Crippen LogP contribution in [0.2, 0.25) is 0 Å². The van der Waals surface area contributed by atoms with Gasteiger partial charge in [-0.2, -0.15) is 0 Å². The number of nitrogens with one attached hydrogen (secondary N) is 2. The molecule has 0 spiro atoms. The van der Waals surface area contributed by atoms with Crippen LogP contribution in [0, 0.1) is 16.0 Å². The molecule has 1 saturated heterocycles. The number of ether oxygens (including phenoxy) is 1. The SMILES string of the molecule is COC1(Cc2ccccc2-c2ccccc2)CCN(c2ccc(C(=O)NS(=O)(=O)c3ccc(N[C@H](CSc4ccccc4)CC(C)C)c([N+](=O)[O-])c3)cc2)CC1. The van der Waals surface area contributed by atoms with Gasteiger partial charge in [0.2, 0.25) is 0 Å². The van der Waals surface area contributed by atoms with Gasteiger partial charge in [-0.25, -0.2) is 13.1 Å². The second-order valence-corrected chi connectivity index (χ2v) is 17.4. The predicted molar refractivity (Wildman–Crippen MR) is 225 cm³/mol. The van der Waals surface area contributed by atoms with Crippen LogP contribution in [0.3, 0.4) is 0 Å². The van der Waals surface area contributed by atoms with Crippen LogP contribution in [0.25, 0.3) is 11.1 Å². The van der Waals surface area contributed by atoms with E-state index in [1.54, 1.807) is 43.1 Å². The Hall–Kier alpha value is -5.17. The molecule has 0 aromatic heterocycles. The fourth-order valence-corrected chi connectivity index (χ4v) is 9.19. The molecule has 12 heteroatoms. The van der Waals surface area contributed by atoms with Crippen molar-refractivity contribution < 1.29 is 22.9 Å². The van der Waals surface area contributed by atoms with Gasteiger partial charge in [0.1, 0.15) is 5.69 Å². The largest absolute Gasteiger partial charge is 0.378 e. The quantitative estimate of drug-likeness (QED) is 0.0571. The Balaban J connectivity index is 1.08. The molecule has 0 aliphatic carbocycles. The van der Waals surface area contributed by atoms with Crippen molar-refractivity contribution in [2.24, 2.45) is 5.92 Å². The molecule has 0 bridgehead atoms. The van der Waals surface area contributed by atoms with Crippen molar-refractivity contribution in [2.45, 2.75) is 61.0 Å². The Kier molecular flexibility index (Phi) is 13.1. The van der Waals surface area contributed by atoms with Crippen molar-refractivity contribution in [1.82, 2.24) is 4.72 Å². The maximum absolute atomic E-state index is 13.4. The van der Waals surface area contributed by atoms with Crippen LogP contribution in [0.5, 0.6) is 0 Å². The minimum Gasteiger partial charge on any atom is -0.378 e. The van der Waals surface area contributed by atoms with Gasteiger partial charge in [-0.1, -0.05) is 86.6 Å². The number of nitro groups is 1. The molecule has 5 aromatic rings. The summed E-state index contributed by atoms with van der Waals surface area (Å²) in [6.45, 7) is 5.65. The molecule has 0 radical (unpaired) electrons. The maximum Gasteiger partial charge on any atom is 0.293 e. The van der Waals surface area contributed by atoms with E-state index >= 15 is 0 Å². The van der Waals surface area contributed by atoms with Gasteiger partial charge in [-0.3, -0.25) is 14.9 Å². The van der Waals surface area contributed by atoms with E-state index in [1.165, 1.54) is 28.8 Å². The molecule has 1 aliphatic rings. The van der Waals surface area contributed by atoms with Gasteiger partial charge in [-0.15, -0.1) is 11.8 Å². The first-order valence-electron chi connectivity index (χ1n) is 18.8. The molecule has 1 aliphatic heterocycles. The van der Waals surface area contributed by atoms with E-state index in [4.69, 9.17) is 4.74 Å². The lowest BCUT2D eigenvalue weighted by molar-refractivity contribution is -0.384. The molecule has 2 N–H and O–H groups in total. The Labute approximate surface area is 333 Å². The lowest BCUT2D eigenvalue weighted by Crippen LogP contribution is -2.47. The topological polar surface area (TPSA) is 131 Å². The molecule has 1 amide bonds.